The van der Waals surface area contributed by atoms with Gasteiger partial charge in [0.2, 0.25) is 5.91 Å². The average Bonchev–Trinajstić information content (AvgIpc) is 2.39. The van der Waals surface area contributed by atoms with Gasteiger partial charge in [-0.15, -0.1) is 0 Å². The van der Waals surface area contributed by atoms with E-state index in [1.165, 1.54) is 0 Å². The molecule has 98 valence electrons. The van der Waals surface area contributed by atoms with E-state index >= 15 is 0 Å². The summed E-state index contributed by atoms with van der Waals surface area (Å²) in [5.74, 6) is 0.605. The number of likely N-dealkylation sites (N-methyl/N-ethyl adjacent to an activating group) is 1. The molecule has 1 amide bonds. The third kappa shape index (κ3) is 2.99. The molecule has 0 radical (unpaired) electrons. The summed E-state index contributed by atoms with van der Waals surface area (Å²) in [6.45, 7) is 7.00. The van der Waals surface area contributed by atoms with E-state index < -0.39 is 0 Å². The van der Waals surface area contributed by atoms with Crippen LogP contribution in [0.2, 0.25) is 0 Å². The Bertz CT molecular complexity index is 263. The summed E-state index contributed by atoms with van der Waals surface area (Å²) in [6, 6.07) is 0.546. The highest BCUT2D eigenvalue weighted by molar-refractivity contribution is 5.79. The van der Waals surface area contributed by atoms with Gasteiger partial charge in [0.1, 0.15) is 0 Å². The molecule has 17 heavy (non-hydrogen) atoms. The van der Waals surface area contributed by atoms with Crippen LogP contribution in [0.25, 0.3) is 0 Å². The van der Waals surface area contributed by atoms with Crippen LogP contribution in [0, 0.1) is 5.92 Å². The molecule has 0 aromatic carbocycles. The predicted molar refractivity (Wildman–Crippen MR) is 68.9 cm³/mol. The molecule has 0 aromatic rings. The fourth-order valence-corrected chi connectivity index (χ4v) is 2.91. The van der Waals surface area contributed by atoms with Crippen LogP contribution in [0.1, 0.15) is 26.2 Å². The fraction of sp³-hybridized carbons (Fsp3) is 0.923. The van der Waals surface area contributed by atoms with Crippen LogP contribution < -0.4 is 5.32 Å². The van der Waals surface area contributed by atoms with Crippen LogP contribution in [-0.2, 0) is 4.79 Å². The van der Waals surface area contributed by atoms with Crippen molar-refractivity contribution in [3.05, 3.63) is 0 Å². The van der Waals surface area contributed by atoms with Gasteiger partial charge < -0.3 is 10.2 Å². The van der Waals surface area contributed by atoms with Crippen LogP contribution >= 0.6 is 0 Å². The maximum Gasteiger partial charge on any atom is 0.227 e. The van der Waals surface area contributed by atoms with Crippen molar-refractivity contribution in [2.24, 2.45) is 5.92 Å². The third-order valence-electron chi connectivity index (χ3n) is 4.21. The van der Waals surface area contributed by atoms with E-state index in [4.69, 9.17) is 0 Å². The van der Waals surface area contributed by atoms with Crippen LogP contribution in [0.5, 0.6) is 0 Å². The summed E-state index contributed by atoms with van der Waals surface area (Å²) < 4.78 is 0. The monoisotopic (exact) mass is 239 g/mol. The summed E-state index contributed by atoms with van der Waals surface area (Å²) in [5.41, 5.74) is 0. The van der Waals surface area contributed by atoms with Gasteiger partial charge in [-0.1, -0.05) is 6.92 Å². The van der Waals surface area contributed by atoms with Crippen LogP contribution in [0.3, 0.4) is 0 Å². The van der Waals surface area contributed by atoms with Gasteiger partial charge in [0.05, 0.1) is 5.92 Å². The van der Waals surface area contributed by atoms with Crippen LogP contribution in [-0.4, -0.2) is 61.5 Å². The van der Waals surface area contributed by atoms with Crippen molar-refractivity contribution in [1.82, 2.24) is 15.1 Å². The summed E-state index contributed by atoms with van der Waals surface area (Å²) >= 11 is 0. The molecule has 2 atom stereocenters. The van der Waals surface area contributed by atoms with Crippen LogP contribution in [0.15, 0.2) is 0 Å². The number of rotatable bonds is 2. The quantitative estimate of drug-likeness (QED) is 0.764. The number of hydrogen-bond donors (Lipinski definition) is 1. The maximum absolute atomic E-state index is 12.4. The van der Waals surface area contributed by atoms with Crippen molar-refractivity contribution in [3.8, 4) is 0 Å². The highest BCUT2D eigenvalue weighted by Crippen LogP contribution is 2.17. The highest BCUT2D eigenvalue weighted by Gasteiger charge is 2.30. The molecule has 0 aromatic heterocycles. The zero-order valence-corrected chi connectivity index (χ0v) is 11.1. The smallest absolute Gasteiger partial charge is 0.227 e. The highest BCUT2D eigenvalue weighted by atomic mass is 16.2. The standard InChI is InChI=1S/C13H25N3O/c1-3-12-10-16(8-7-15(12)2)13(17)11-5-4-6-14-9-11/h11-12,14H,3-10H2,1-2H3/t11-,12?/m0/s1. The lowest BCUT2D eigenvalue weighted by molar-refractivity contribution is -0.138. The van der Waals surface area contributed by atoms with Crippen molar-refractivity contribution >= 4 is 5.91 Å². The largest absolute Gasteiger partial charge is 0.340 e. The molecule has 0 spiro atoms. The minimum atomic E-state index is 0.227. The van der Waals surface area contributed by atoms with E-state index in [0.29, 0.717) is 11.9 Å². The zero-order valence-electron chi connectivity index (χ0n) is 11.1. The minimum Gasteiger partial charge on any atom is -0.340 e. The SMILES string of the molecule is CCC1CN(C(=O)[C@H]2CCCNC2)CCN1C. The zero-order chi connectivity index (χ0) is 12.3. The Morgan fingerprint density at radius 1 is 1.41 bits per heavy atom. The second-order valence-corrected chi connectivity index (χ2v) is 5.37. The van der Waals surface area contributed by atoms with E-state index in [1.54, 1.807) is 0 Å². The van der Waals surface area contributed by atoms with Gasteiger partial charge in [-0.25, -0.2) is 0 Å². The summed E-state index contributed by atoms with van der Waals surface area (Å²) in [4.78, 5) is 16.9. The van der Waals surface area contributed by atoms with Gasteiger partial charge >= 0.3 is 0 Å². The number of nitrogens with one attached hydrogen (secondary N) is 1. The first kappa shape index (κ1) is 12.8. The Kier molecular flexibility index (Phi) is 4.40. The lowest BCUT2D eigenvalue weighted by atomic mass is 9.97. The summed E-state index contributed by atoms with van der Waals surface area (Å²) in [6.07, 6.45) is 3.33. The first-order valence-corrected chi connectivity index (χ1v) is 6.92. The van der Waals surface area contributed by atoms with Crippen molar-refractivity contribution in [2.45, 2.75) is 32.2 Å². The third-order valence-corrected chi connectivity index (χ3v) is 4.21. The van der Waals surface area contributed by atoms with E-state index in [2.05, 4.69) is 29.1 Å². The Morgan fingerprint density at radius 3 is 2.88 bits per heavy atom. The number of piperazine rings is 1. The fourth-order valence-electron chi connectivity index (χ4n) is 2.91. The second kappa shape index (κ2) is 5.83. The molecule has 2 heterocycles. The molecule has 4 heteroatoms. The van der Waals surface area contributed by atoms with E-state index in [-0.39, 0.29) is 5.92 Å². The first-order valence-electron chi connectivity index (χ1n) is 6.92. The molecule has 4 nitrogen and oxygen atoms in total. The number of nitrogens with zero attached hydrogens (tertiary/aromatic N) is 2. The average molecular weight is 239 g/mol. The van der Waals surface area contributed by atoms with Gasteiger partial charge in [0, 0.05) is 32.2 Å². The Balaban J connectivity index is 1.90. The molecule has 1 unspecified atom stereocenters. The molecule has 0 bridgehead atoms. The lowest BCUT2D eigenvalue weighted by Gasteiger charge is -2.40. The first-order chi connectivity index (χ1) is 8.22. The summed E-state index contributed by atoms with van der Waals surface area (Å²) in [7, 11) is 2.16. The molecule has 2 fully saturated rings. The topological polar surface area (TPSA) is 35.6 Å². The van der Waals surface area contributed by atoms with Crippen molar-refractivity contribution < 1.29 is 4.79 Å². The Hall–Kier alpha value is -0.610. The van der Waals surface area contributed by atoms with E-state index in [0.717, 1.165) is 52.0 Å². The van der Waals surface area contributed by atoms with Gasteiger partial charge in [0.25, 0.3) is 0 Å². The molecular weight excluding hydrogens is 214 g/mol. The number of piperidine rings is 1. The number of carbonyl (C=O) groups is 1. The molecule has 2 aliphatic rings. The predicted octanol–water partition coefficient (Wildman–Crippen LogP) is 0.539. The Morgan fingerprint density at radius 2 is 2.24 bits per heavy atom. The van der Waals surface area contributed by atoms with E-state index in [1.807, 2.05) is 0 Å². The molecule has 2 saturated heterocycles. The normalized spacial score (nSPS) is 31.5. The van der Waals surface area contributed by atoms with E-state index in [9.17, 15) is 4.79 Å². The number of amides is 1. The van der Waals surface area contributed by atoms with Crippen LogP contribution in [0.4, 0.5) is 0 Å². The van der Waals surface area contributed by atoms with Crippen molar-refractivity contribution in [1.29, 1.82) is 0 Å². The number of carbonyl (C=O) groups excluding carboxylic acids is 1. The van der Waals surface area contributed by atoms with Gasteiger partial charge in [-0.2, -0.15) is 0 Å². The molecular formula is C13H25N3O. The van der Waals surface area contributed by atoms with Gasteiger partial charge in [-0.3, -0.25) is 9.69 Å². The van der Waals surface area contributed by atoms with Crippen molar-refractivity contribution in [3.63, 3.8) is 0 Å². The van der Waals surface area contributed by atoms with Crippen molar-refractivity contribution in [2.75, 3.05) is 39.8 Å². The Labute approximate surface area is 104 Å². The maximum atomic E-state index is 12.4. The molecule has 2 rings (SSSR count). The molecule has 2 aliphatic heterocycles. The second-order valence-electron chi connectivity index (χ2n) is 5.37. The molecule has 0 saturated carbocycles. The molecule has 0 aliphatic carbocycles. The van der Waals surface area contributed by atoms with Gasteiger partial charge in [-0.05, 0) is 32.9 Å². The molecule has 1 N–H and O–H groups in total. The van der Waals surface area contributed by atoms with Gasteiger partial charge in [0.15, 0.2) is 0 Å². The minimum absolute atomic E-state index is 0.227. The lowest BCUT2D eigenvalue weighted by Crippen LogP contribution is -2.55. The number of hydrogen-bond acceptors (Lipinski definition) is 3. The summed E-state index contributed by atoms with van der Waals surface area (Å²) in [5, 5.41) is 3.33.